The molecule has 0 unspecified atom stereocenters. The van der Waals surface area contributed by atoms with Gasteiger partial charge in [-0.25, -0.2) is 0 Å². The quantitative estimate of drug-likeness (QED) is 0.787. The minimum atomic E-state index is -0.398. The molecule has 0 saturated heterocycles. The summed E-state index contributed by atoms with van der Waals surface area (Å²) >= 11 is 0. The highest BCUT2D eigenvalue weighted by atomic mass is 16.5. The first-order valence-corrected chi connectivity index (χ1v) is 5.35. The van der Waals surface area contributed by atoms with Crippen molar-refractivity contribution in [3.05, 3.63) is 29.8 Å². The van der Waals surface area contributed by atoms with E-state index in [1.807, 2.05) is 31.2 Å². The second-order valence-corrected chi connectivity index (χ2v) is 4.15. The number of para-hydroxylation sites is 1. The molecule has 0 aliphatic heterocycles. The van der Waals surface area contributed by atoms with E-state index in [2.05, 4.69) is 0 Å². The van der Waals surface area contributed by atoms with Gasteiger partial charge in [-0.2, -0.15) is 0 Å². The van der Waals surface area contributed by atoms with E-state index < -0.39 is 5.54 Å². The van der Waals surface area contributed by atoms with Crippen molar-refractivity contribution in [2.45, 2.75) is 31.4 Å². The van der Waals surface area contributed by atoms with Crippen molar-refractivity contribution < 1.29 is 9.84 Å². The Morgan fingerprint density at radius 3 is 2.73 bits per heavy atom. The lowest BCUT2D eigenvalue weighted by Crippen LogP contribution is -2.51. The van der Waals surface area contributed by atoms with Crippen molar-refractivity contribution in [3.8, 4) is 5.75 Å². The van der Waals surface area contributed by atoms with Crippen molar-refractivity contribution in [1.29, 1.82) is 0 Å². The fourth-order valence-electron chi connectivity index (χ4n) is 2.16. The number of rotatable bonds is 3. The van der Waals surface area contributed by atoms with Gasteiger partial charge in [0.1, 0.15) is 5.75 Å². The number of hydrogen-bond donors (Lipinski definition) is 2. The van der Waals surface area contributed by atoms with E-state index in [0.717, 1.165) is 11.3 Å². The second kappa shape index (κ2) is 3.83. The Hall–Kier alpha value is -1.06. The highest BCUT2D eigenvalue weighted by molar-refractivity contribution is 5.40. The highest BCUT2D eigenvalue weighted by Crippen LogP contribution is 2.42. The van der Waals surface area contributed by atoms with Crippen molar-refractivity contribution in [2.24, 2.45) is 5.73 Å². The van der Waals surface area contributed by atoms with Gasteiger partial charge in [0, 0.05) is 11.1 Å². The molecule has 15 heavy (non-hydrogen) atoms. The molecule has 3 nitrogen and oxygen atoms in total. The summed E-state index contributed by atoms with van der Waals surface area (Å²) in [5.41, 5.74) is 6.82. The Morgan fingerprint density at radius 1 is 1.47 bits per heavy atom. The molecule has 0 amide bonds. The first-order valence-electron chi connectivity index (χ1n) is 5.35. The minimum absolute atomic E-state index is 0.260. The molecule has 3 N–H and O–H groups in total. The molecule has 1 aliphatic rings. The van der Waals surface area contributed by atoms with Gasteiger partial charge in [-0.15, -0.1) is 0 Å². The molecule has 0 atom stereocenters. The number of nitrogens with two attached hydrogens (primary N) is 1. The van der Waals surface area contributed by atoms with Crippen LogP contribution in [0, 0.1) is 0 Å². The fraction of sp³-hybridized carbons (Fsp3) is 0.500. The first-order chi connectivity index (χ1) is 7.15. The standard InChI is InChI=1S/C12H17NO2/c1-2-15-11-6-4-3-5-10(11)12(13)7-9(14)8-12/h3-6,9,14H,2,7-8,13H2,1H3. The van der Waals surface area contributed by atoms with Crippen LogP contribution < -0.4 is 10.5 Å². The van der Waals surface area contributed by atoms with Crippen LogP contribution in [-0.4, -0.2) is 17.8 Å². The topological polar surface area (TPSA) is 55.5 Å². The number of aliphatic hydroxyl groups excluding tert-OH is 1. The highest BCUT2D eigenvalue weighted by Gasteiger charge is 2.43. The van der Waals surface area contributed by atoms with Crippen molar-refractivity contribution in [2.75, 3.05) is 6.61 Å². The molecule has 82 valence electrons. The lowest BCUT2D eigenvalue weighted by atomic mass is 9.70. The summed E-state index contributed by atoms with van der Waals surface area (Å²) in [5.74, 6) is 0.842. The number of hydrogen-bond acceptors (Lipinski definition) is 3. The van der Waals surface area contributed by atoms with Gasteiger partial charge < -0.3 is 15.6 Å². The van der Waals surface area contributed by atoms with Crippen LogP contribution in [0.15, 0.2) is 24.3 Å². The maximum absolute atomic E-state index is 9.34. The normalized spacial score (nSPS) is 29.7. The van der Waals surface area contributed by atoms with Gasteiger partial charge in [0.15, 0.2) is 0 Å². The lowest BCUT2D eigenvalue weighted by molar-refractivity contribution is 0.0196. The molecule has 2 rings (SSSR count). The maximum Gasteiger partial charge on any atom is 0.124 e. The van der Waals surface area contributed by atoms with Crippen LogP contribution >= 0.6 is 0 Å². The zero-order chi connectivity index (χ0) is 10.9. The molecule has 0 aromatic heterocycles. The second-order valence-electron chi connectivity index (χ2n) is 4.15. The van der Waals surface area contributed by atoms with Crippen LogP contribution in [0.25, 0.3) is 0 Å². The monoisotopic (exact) mass is 207 g/mol. The van der Waals surface area contributed by atoms with E-state index in [1.54, 1.807) is 0 Å². The number of ether oxygens (including phenoxy) is 1. The average molecular weight is 207 g/mol. The summed E-state index contributed by atoms with van der Waals surface area (Å²) in [6.07, 6.45) is 0.985. The van der Waals surface area contributed by atoms with E-state index in [4.69, 9.17) is 10.5 Å². The summed E-state index contributed by atoms with van der Waals surface area (Å²) < 4.78 is 5.53. The summed E-state index contributed by atoms with van der Waals surface area (Å²) in [6, 6.07) is 7.80. The Labute approximate surface area is 89.9 Å². The smallest absolute Gasteiger partial charge is 0.124 e. The van der Waals surface area contributed by atoms with Gasteiger partial charge in [0.25, 0.3) is 0 Å². The molecular weight excluding hydrogens is 190 g/mol. The van der Waals surface area contributed by atoms with Crippen LogP contribution in [-0.2, 0) is 5.54 Å². The third-order valence-corrected chi connectivity index (χ3v) is 2.92. The number of benzene rings is 1. The molecule has 0 radical (unpaired) electrons. The maximum atomic E-state index is 9.34. The van der Waals surface area contributed by atoms with Crippen molar-refractivity contribution >= 4 is 0 Å². The molecule has 1 aromatic rings. The van der Waals surface area contributed by atoms with Gasteiger partial charge in [0.05, 0.1) is 12.7 Å². The Morgan fingerprint density at radius 2 is 2.13 bits per heavy atom. The van der Waals surface area contributed by atoms with Crippen molar-refractivity contribution in [1.82, 2.24) is 0 Å². The third-order valence-electron chi connectivity index (χ3n) is 2.92. The van der Waals surface area contributed by atoms with Gasteiger partial charge in [-0.1, -0.05) is 18.2 Å². The molecule has 0 spiro atoms. The van der Waals surface area contributed by atoms with Gasteiger partial charge in [0.2, 0.25) is 0 Å². The van der Waals surface area contributed by atoms with Gasteiger partial charge >= 0.3 is 0 Å². The molecule has 1 saturated carbocycles. The van der Waals surface area contributed by atoms with Gasteiger partial charge in [-0.05, 0) is 25.8 Å². The Balaban J connectivity index is 2.27. The van der Waals surface area contributed by atoms with Crippen molar-refractivity contribution in [3.63, 3.8) is 0 Å². The average Bonchev–Trinajstić information content (AvgIpc) is 2.17. The van der Waals surface area contributed by atoms with Crippen LogP contribution in [0.5, 0.6) is 5.75 Å². The first kappa shape index (κ1) is 10.5. The van der Waals surface area contributed by atoms with Crippen LogP contribution in [0.2, 0.25) is 0 Å². The predicted molar refractivity (Wildman–Crippen MR) is 58.7 cm³/mol. The van der Waals surface area contributed by atoms with Crippen LogP contribution in [0.3, 0.4) is 0 Å². The Bertz CT molecular complexity index is 345. The van der Waals surface area contributed by atoms with E-state index in [1.165, 1.54) is 0 Å². The predicted octanol–water partition coefficient (Wildman–Crippen LogP) is 1.39. The molecule has 0 heterocycles. The minimum Gasteiger partial charge on any atom is -0.494 e. The molecule has 1 aromatic carbocycles. The summed E-state index contributed by atoms with van der Waals surface area (Å²) in [5, 5.41) is 9.34. The van der Waals surface area contributed by atoms with Crippen LogP contribution in [0.1, 0.15) is 25.3 Å². The molecule has 0 bridgehead atoms. The fourth-order valence-corrected chi connectivity index (χ4v) is 2.16. The largest absolute Gasteiger partial charge is 0.494 e. The lowest BCUT2D eigenvalue weighted by Gasteiger charge is -2.43. The van der Waals surface area contributed by atoms with E-state index in [9.17, 15) is 5.11 Å². The summed E-state index contributed by atoms with van der Waals surface area (Å²) in [6.45, 7) is 2.59. The van der Waals surface area contributed by atoms with Gasteiger partial charge in [-0.3, -0.25) is 0 Å². The van der Waals surface area contributed by atoms with Crippen LogP contribution in [0.4, 0.5) is 0 Å². The zero-order valence-corrected chi connectivity index (χ0v) is 8.94. The molecule has 3 heteroatoms. The van der Waals surface area contributed by atoms with E-state index in [0.29, 0.717) is 19.4 Å². The SMILES string of the molecule is CCOc1ccccc1C1(N)CC(O)C1. The molecule has 1 fully saturated rings. The molecular formula is C12H17NO2. The summed E-state index contributed by atoms with van der Waals surface area (Å²) in [4.78, 5) is 0. The third kappa shape index (κ3) is 1.85. The Kier molecular flexibility index (Phi) is 2.67. The van der Waals surface area contributed by atoms with E-state index in [-0.39, 0.29) is 6.10 Å². The summed E-state index contributed by atoms with van der Waals surface area (Å²) in [7, 11) is 0. The molecule has 1 aliphatic carbocycles. The van der Waals surface area contributed by atoms with E-state index >= 15 is 0 Å². The zero-order valence-electron chi connectivity index (χ0n) is 8.94. The number of aliphatic hydroxyl groups is 1.